The van der Waals surface area contributed by atoms with Gasteiger partial charge < -0.3 is 29.9 Å². The van der Waals surface area contributed by atoms with Crippen LogP contribution in [0.3, 0.4) is 0 Å². The van der Waals surface area contributed by atoms with Crippen molar-refractivity contribution in [3.63, 3.8) is 0 Å². The Balaban J connectivity index is 1.32. The number of ether oxygens (including phenoxy) is 2. The number of aryl methyl sites for hydroxylation is 1. The first-order chi connectivity index (χ1) is 24.6. The average molecular weight is 720 g/mol. The molecule has 0 aliphatic carbocycles. The first kappa shape index (κ1) is 37.3. The van der Waals surface area contributed by atoms with Gasteiger partial charge in [-0.15, -0.1) is 0 Å². The number of sulfone groups is 1. The number of pyridine rings is 1. The fraction of sp³-hybridized carbons (Fsp3) is 0.432. The number of benzene rings is 2. The number of hydrogen-bond donors (Lipinski definition) is 2. The van der Waals surface area contributed by atoms with E-state index in [-0.39, 0.29) is 48.4 Å². The van der Waals surface area contributed by atoms with E-state index in [1.807, 2.05) is 6.07 Å². The fourth-order valence-electron chi connectivity index (χ4n) is 6.23. The van der Waals surface area contributed by atoms with Gasteiger partial charge in [0.15, 0.2) is 21.3 Å². The van der Waals surface area contributed by atoms with Crippen LogP contribution in [0.5, 0.6) is 11.5 Å². The summed E-state index contributed by atoms with van der Waals surface area (Å²) in [5, 5.41) is 5.87. The highest BCUT2D eigenvalue weighted by molar-refractivity contribution is 7.91. The lowest BCUT2D eigenvalue weighted by molar-refractivity contribution is -0.138. The van der Waals surface area contributed by atoms with Gasteiger partial charge in [-0.25, -0.2) is 8.42 Å². The summed E-state index contributed by atoms with van der Waals surface area (Å²) < 4.78 is 37.7. The van der Waals surface area contributed by atoms with Crippen molar-refractivity contribution in [1.82, 2.24) is 25.4 Å². The molecule has 4 amide bonds. The van der Waals surface area contributed by atoms with Crippen molar-refractivity contribution in [2.24, 2.45) is 0 Å². The SMILES string of the molecule is COc1cc2ccc1O[C@H]1C[C@@H](C(=O)NCCCCN(C(=O)c3ccccn3)CCCNC(=O)CC2)N(C(=O)CCS(=O)(=O)c2ccccc2)C1. The lowest BCUT2D eigenvalue weighted by atomic mass is 10.1. The standard InChI is InChI=1S/C37H45N5O8S/c1-49-33-24-27-13-15-32(33)50-28-25-31(42(26-28)35(44)17-23-51(47,48)29-10-3-2-4-11-29)36(45)40-19-7-8-21-41(22-9-20-39-34(43)16-14-27)37(46)30-12-5-6-18-38-30/h2-6,10-13,15,18,24,28,31H,7-9,14,16-17,19-23,25-26H2,1H3,(H,39,43)(H,40,45)/t28-,31-/m0/s1. The highest BCUT2D eigenvalue weighted by Crippen LogP contribution is 2.32. The van der Waals surface area contributed by atoms with Crippen LogP contribution in [0.4, 0.5) is 0 Å². The Morgan fingerprint density at radius 2 is 1.71 bits per heavy atom. The lowest BCUT2D eigenvalue weighted by Gasteiger charge is -2.24. The van der Waals surface area contributed by atoms with E-state index >= 15 is 0 Å². The number of carbonyl (C=O) groups excluding carboxylic acids is 4. The van der Waals surface area contributed by atoms with Gasteiger partial charge in [0.1, 0.15) is 17.8 Å². The van der Waals surface area contributed by atoms with Gasteiger partial charge >= 0.3 is 0 Å². The highest BCUT2D eigenvalue weighted by Gasteiger charge is 2.41. The van der Waals surface area contributed by atoms with Crippen molar-refractivity contribution in [2.75, 3.05) is 45.6 Å². The fourth-order valence-corrected chi connectivity index (χ4v) is 7.48. The zero-order valence-electron chi connectivity index (χ0n) is 28.8. The summed E-state index contributed by atoms with van der Waals surface area (Å²) in [6.45, 7) is 1.64. The number of fused-ring (bicyclic) bond motifs is 15. The highest BCUT2D eigenvalue weighted by atomic mass is 32.2. The number of nitrogens with zero attached hydrogens (tertiary/aromatic N) is 3. The second-order valence-electron chi connectivity index (χ2n) is 12.6. The van der Waals surface area contributed by atoms with E-state index in [1.165, 1.54) is 24.1 Å². The minimum Gasteiger partial charge on any atom is -0.493 e. The molecular formula is C37H45N5O8S. The number of methoxy groups -OCH3 is 1. The summed E-state index contributed by atoms with van der Waals surface area (Å²) in [5.41, 5.74) is 1.20. The molecule has 4 bridgehead atoms. The largest absolute Gasteiger partial charge is 0.493 e. The summed E-state index contributed by atoms with van der Waals surface area (Å²) in [4.78, 5) is 60.5. The third-order valence-corrected chi connectivity index (χ3v) is 10.7. The van der Waals surface area contributed by atoms with Crippen molar-refractivity contribution in [2.45, 2.75) is 62.0 Å². The van der Waals surface area contributed by atoms with Crippen LogP contribution in [0, 0.1) is 0 Å². The molecule has 14 heteroatoms. The third-order valence-electron chi connectivity index (χ3n) is 8.99. The van der Waals surface area contributed by atoms with Crippen LogP contribution in [0.15, 0.2) is 77.8 Å². The summed E-state index contributed by atoms with van der Waals surface area (Å²) >= 11 is 0. The predicted molar refractivity (Wildman–Crippen MR) is 189 cm³/mol. The van der Waals surface area contributed by atoms with Crippen molar-refractivity contribution in [3.05, 3.63) is 84.2 Å². The number of hydrogen-bond acceptors (Lipinski definition) is 9. The Labute approximate surface area is 298 Å². The maximum Gasteiger partial charge on any atom is 0.272 e. The van der Waals surface area contributed by atoms with E-state index in [0.29, 0.717) is 69.1 Å². The Morgan fingerprint density at radius 3 is 2.47 bits per heavy atom. The van der Waals surface area contributed by atoms with Crippen molar-refractivity contribution >= 4 is 33.5 Å². The van der Waals surface area contributed by atoms with Gasteiger partial charge in [-0.3, -0.25) is 24.2 Å². The summed E-state index contributed by atoms with van der Waals surface area (Å²) in [6, 6.07) is 17.6. The quantitative estimate of drug-likeness (QED) is 0.390. The van der Waals surface area contributed by atoms with Gasteiger partial charge in [0.25, 0.3) is 5.91 Å². The maximum absolute atomic E-state index is 13.6. The molecule has 0 radical (unpaired) electrons. The average Bonchev–Trinajstić information content (AvgIpc) is 3.58. The molecule has 3 aliphatic rings. The topological polar surface area (TPSA) is 164 Å². The van der Waals surface area contributed by atoms with Crippen LogP contribution in [-0.4, -0.2) is 105 Å². The zero-order chi connectivity index (χ0) is 36.2. The number of aromatic nitrogens is 1. The molecule has 0 saturated carbocycles. The normalized spacial score (nSPS) is 19.5. The van der Waals surface area contributed by atoms with Crippen LogP contribution in [-0.2, 0) is 30.6 Å². The molecule has 0 spiro atoms. The molecule has 6 rings (SSSR count). The Hall–Kier alpha value is -4.98. The third kappa shape index (κ3) is 10.3. The number of amides is 4. The molecule has 2 atom stereocenters. The molecule has 2 N–H and O–H groups in total. The maximum atomic E-state index is 13.6. The van der Waals surface area contributed by atoms with E-state index in [2.05, 4.69) is 15.6 Å². The van der Waals surface area contributed by atoms with Gasteiger partial charge in [0.05, 0.1) is 24.3 Å². The summed E-state index contributed by atoms with van der Waals surface area (Å²) in [7, 11) is -2.20. The monoisotopic (exact) mass is 719 g/mol. The molecule has 13 nitrogen and oxygen atoms in total. The van der Waals surface area contributed by atoms with Crippen molar-refractivity contribution < 1.29 is 37.1 Å². The zero-order valence-corrected chi connectivity index (χ0v) is 29.6. The smallest absolute Gasteiger partial charge is 0.272 e. The minimum absolute atomic E-state index is 0.0813. The number of rotatable bonds is 6. The van der Waals surface area contributed by atoms with Crippen LogP contribution < -0.4 is 20.1 Å². The molecule has 272 valence electrons. The van der Waals surface area contributed by atoms with Gasteiger partial charge in [-0.2, -0.15) is 0 Å². The predicted octanol–water partition coefficient (Wildman–Crippen LogP) is 2.79. The van der Waals surface area contributed by atoms with E-state index in [9.17, 15) is 27.6 Å². The van der Waals surface area contributed by atoms with Crippen LogP contribution in [0.1, 0.15) is 54.6 Å². The molecule has 2 aromatic carbocycles. The van der Waals surface area contributed by atoms with Gasteiger partial charge in [0, 0.05) is 51.6 Å². The van der Waals surface area contributed by atoms with E-state index in [0.717, 1.165) is 5.56 Å². The first-order valence-electron chi connectivity index (χ1n) is 17.3. The van der Waals surface area contributed by atoms with Crippen LogP contribution >= 0.6 is 0 Å². The molecule has 1 aromatic heterocycles. The second kappa shape index (κ2) is 17.8. The van der Waals surface area contributed by atoms with E-state index < -0.39 is 33.6 Å². The van der Waals surface area contributed by atoms with Crippen LogP contribution in [0.25, 0.3) is 0 Å². The second-order valence-corrected chi connectivity index (χ2v) is 14.7. The Morgan fingerprint density at radius 1 is 0.941 bits per heavy atom. The summed E-state index contributed by atoms with van der Waals surface area (Å²) in [5.74, 6) is -0.646. The summed E-state index contributed by atoms with van der Waals surface area (Å²) in [6.07, 6.45) is 3.34. The molecule has 1 saturated heterocycles. The van der Waals surface area contributed by atoms with Crippen molar-refractivity contribution in [1.29, 1.82) is 0 Å². The van der Waals surface area contributed by atoms with E-state index in [1.54, 1.807) is 59.6 Å². The van der Waals surface area contributed by atoms with E-state index in [4.69, 9.17) is 9.47 Å². The van der Waals surface area contributed by atoms with Crippen LogP contribution in [0.2, 0.25) is 0 Å². The molecule has 51 heavy (non-hydrogen) atoms. The Kier molecular flexibility index (Phi) is 13.0. The Bertz CT molecular complexity index is 1770. The molecule has 3 aliphatic heterocycles. The lowest BCUT2D eigenvalue weighted by Crippen LogP contribution is -2.46. The number of likely N-dealkylation sites (tertiary alicyclic amines) is 1. The molecule has 3 aromatic rings. The number of carbonyl (C=O) groups is 4. The number of nitrogens with one attached hydrogen (secondary N) is 2. The minimum atomic E-state index is -3.71. The molecular weight excluding hydrogens is 675 g/mol. The van der Waals surface area contributed by atoms with Crippen molar-refractivity contribution in [3.8, 4) is 11.5 Å². The molecule has 0 unspecified atom stereocenters. The molecule has 4 heterocycles. The van der Waals surface area contributed by atoms with Gasteiger partial charge in [-0.1, -0.05) is 30.3 Å². The first-order valence-corrected chi connectivity index (χ1v) is 19.0. The van der Waals surface area contributed by atoms with Gasteiger partial charge in [-0.05, 0) is 67.6 Å². The molecule has 1 fully saturated rings. The van der Waals surface area contributed by atoms with Gasteiger partial charge in [0.2, 0.25) is 17.7 Å².